The van der Waals surface area contributed by atoms with Gasteiger partial charge in [-0.15, -0.1) is 0 Å². The molecule has 1 aliphatic rings. The monoisotopic (exact) mass is 522 g/mol. The van der Waals surface area contributed by atoms with E-state index >= 15 is 0 Å². The van der Waals surface area contributed by atoms with Crippen molar-refractivity contribution in [1.82, 2.24) is 14.9 Å². The average Bonchev–Trinajstić information content (AvgIpc) is 3.38. The SMILES string of the molecule is CCC(C)CC(=O)Nc1c(S(=O)(=O)c2ccccc2)nc2[nH]ccc2c1NC1CCN(CCC#N)CC1. The number of H-pyrrole nitrogens is 1. The minimum absolute atomic E-state index is 0.0799. The third-order valence-electron chi connectivity index (χ3n) is 6.95. The number of pyridine rings is 1. The lowest BCUT2D eigenvalue weighted by atomic mass is 10.0. The number of hydrogen-bond acceptors (Lipinski definition) is 7. The molecule has 3 aromatic rings. The van der Waals surface area contributed by atoms with Gasteiger partial charge >= 0.3 is 0 Å². The van der Waals surface area contributed by atoms with Crippen LogP contribution >= 0.6 is 0 Å². The molecule has 1 aromatic carbocycles. The molecular weight excluding hydrogens is 488 g/mol. The lowest BCUT2D eigenvalue weighted by Gasteiger charge is -2.33. The molecule has 1 unspecified atom stereocenters. The fraction of sp³-hybridized carbons (Fsp3) is 0.444. The number of nitrogens with zero attached hydrogens (tertiary/aromatic N) is 3. The number of anilines is 2. The summed E-state index contributed by atoms with van der Waals surface area (Å²) in [5, 5.41) is 15.9. The Morgan fingerprint density at radius 3 is 2.62 bits per heavy atom. The molecular formula is C27H34N6O3S. The highest BCUT2D eigenvalue weighted by Gasteiger charge is 2.30. The molecule has 4 rings (SSSR count). The van der Waals surface area contributed by atoms with Crippen molar-refractivity contribution >= 4 is 38.2 Å². The van der Waals surface area contributed by atoms with Gasteiger partial charge in [-0.3, -0.25) is 4.79 Å². The first-order valence-corrected chi connectivity index (χ1v) is 14.3. The second-order valence-corrected chi connectivity index (χ2v) is 11.5. The molecule has 1 atom stereocenters. The fourth-order valence-corrected chi connectivity index (χ4v) is 5.96. The van der Waals surface area contributed by atoms with Gasteiger partial charge in [0.2, 0.25) is 15.7 Å². The zero-order valence-electron chi connectivity index (χ0n) is 21.3. The number of nitriles is 1. The largest absolute Gasteiger partial charge is 0.380 e. The molecule has 0 saturated carbocycles. The standard InChI is InChI=1S/C27H34N6O3S/c1-3-19(2)18-23(34)31-25-24(30-20-11-16-33(17-12-20)15-7-13-28)22-10-14-29-26(22)32-27(25)37(35,36)21-8-5-4-6-9-21/h4-6,8-10,14,19-20H,3,7,11-12,15-18H2,1-2H3,(H,31,34)(H2,29,30,32). The van der Waals surface area contributed by atoms with Crippen LogP contribution in [0.15, 0.2) is 52.5 Å². The molecule has 1 saturated heterocycles. The number of sulfone groups is 1. The van der Waals surface area contributed by atoms with Gasteiger partial charge < -0.3 is 20.5 Å². The summed E-state index contributed by atoms with van der Waals surface area (Å²) in [6, 6.07) is 12.3. The van der Waals surface area contributed by atoms with E-state index < -0.39 is 9.84 Å². The summed E-state index contributed by atoms with van der Waals surface area (Å²) in [5.74, 6) is -0.0859. The van der Waals surface area contributed by atoms with Crippen LogP contribution in [0.4, 0.5) is 11.4 Å². The molecule has 9 nitrogen and oxygen atoms in total. The topological polar surface area (TPSA) is 131 Å². The molecule has 2 aromatic heterocycles. The second kappa shape index (κ2) is 11.8. The summed E-state index contributed by atoms with van der Waals surface area (Å²) in [6.45, 7) is 6.44. The summed E-state index contributed by atoms with van der Waals surface area (Å²) in [4.78, 5) is 23.0. The number of fused-ring (bicyclic) bond motifs is 1. The van der Waals surface area contributed by atoms with Crippen LogP contribution in [0, 0.1) is 17.2 Å². The lowest BCUT2D eigenvalue weighted by Crippen LogP contribution is -2.39. The van der Waals surface area contributed by atoms with E-state index in [2.05, 4.69) is 31.6 Å². The molecule has 1 amide bonds. The van der Waals surface area contributed by atoms with Crippen molar-refractivity contribution in [1.29, 1.82) is 5.26 Å². The Morgan fingerprint density at radius 1 is 1.22 bits per heavy atom. The van der Waals surface area contributed by atoms with Gasteiger partial charge in [0.05, 0.1) is 16.7 Å². The third kappa shape index (κ3) is 6.12. The Kier molecular flexibility index (Phi) is 8.46. The first-order valence-electron chi connectivity index (χ1n) is 12.8. The first kappa shape index (κ1) is 26.6. The highest BCUT2D eigenvalue weighted by atomic mass is 32.2. The van der Waals surface area contributed by atoms with E-state index in [4.69, 9.17) is 5.26 Å². The van der Waals surface area contributed by atoms with Crippen LogP contribution in [0.2, 0.25) is 0 Å². The van der Waals surface area contributed by atoms with Gasteiger partial charge in [0.25, 0.3) is 0 Å². The molecule has 1 aliphatic heterocycles. The van der Waals surface area contributed by atoms with Gasteiger partial charge in [-0.05, 0) is 37.0 Å². The first-order chi connectivity index (χ1) is 17.8. The number of hydrogen-bond donors (Lipinski definition) is 3. The van der Waals surface area contributed by atoms with E-state index in [-0.39, 0.29) is 39.9 Å². The van der Waals surface area contributed by atoms with Crippen LogP contribution in [0.1, 0.15) is 46.0 Å². The quantitative estimate of drug-likeness (QED) is 0.356. The molecule has 196 valence electrons. The molecule has 10 heteroatoms. The number of aromatic nitrogens is 2. The summed E-state index contributed by atoms with van der Waals surface area (Å²) in [5.41, 5.74) is 1.19. The van der Waals surface area contributed by atoms with Gasteiger partial charge in [0, 0.05) is 50.1 Å². The summed E-state index contributed by atoms with van der Waals surface area (Å²) in [7, 11) is -4.03. The molecule has 37 heavy (non-hydrogen) atoms. The van der Waals surface area contributed by atoms with Crippen LogP contribution in [0.5, 0.6) is 0 Å². The van der Waals surface area contributed by atoms with E-state index in [0.29, 0.717) is 17.8 Å². The fourth-order valence-electron chi connectivity index (χ4n) is 4.59. The number of rotatable bonds is 10. The summed E-state index contributed by atoms with van der Waals surface area (Å²) < 4.78 is 27.6. The minimum Gasteiger partial charge on any atom is -0.380 e. The van der Waals surface area contributed by atoms with Crippen molar-refractivity contribution in [2.24, 2.45) is 5.92 Å². The number of likely N-dealkylation sites (tertiary alicyclic amines) is 1. The van der Waals surface area contributed by atoms with Gasteiger partial charge in [-0.1, -0.05) is 38.5 Å². The minimum atomic E-state index is -4.03. The smallest absolute Gasteiger partial charge is 0.226 e. The van der Waals surface area contributed by atoms with Crippen molar-refractivity contribution in [3.63, 3.8) is 0 Å². The van der Waals surface area contributed by atoms with Crippen LogP contribution in [-0.2, 0) is 14.6 Å². The van der Waals surface area contributed by atoms with Gasteiger partial charge in [-0.2, -0.15) is 5.26 Å². The van der Waals surface area contributed by atoms with Gasteiger partial charge in [0.15, 0.2) is 5.03 Å². The number of amides is 1. The van der Waals surface area contributed by atoms with Crippen LogP contribution < -0.4 is 10.6 Å². The maximum atomic E-state index is 13.8. The number of nitrogens with one attached hydrogen (secondary N) is 3. The van der Waals surface area contributed by atoms with E-state index in [1.54, 1.807) is 24.4 Å². The van der Waals surface area contributed by atoms with Crippen molar-refractivity contribution in [2.45, 2.75) is 61.9 Å². The second-order valence-electron chi connectivity index (χ2n) is 9.66. The van der Waals surface area contributed by atoms with Crippen molar-refractivity contribution in [3.8, 4) is 6.07 Å². The van der Waals surface area contributed by atoms with Crippen molar-refractivity contribution in [2.75, 3.05) is 30.3 Å². The number of benzene rings is 1. The van der Waals surface area contributed by atoms with E-state index in [1.807, 2.05) is 19.9 Å². The Bertz CT molecular complexity index is 1370. The molecule has 3 heterocycles. The van der Waals surface area contributed by atoms with Gasteiger partial charge in [0.1, 0.15) is 11.3 Å². The highest BCUT2D eigenvalue weighted by Crippen LogP contribution is 2.39. The van der Waals surface area contributed by atoms with Gasteiger partial charge in [-0.25, -0.2) is 13.4 Å². The summed E-state index contributed by atoms with van der Waals surface area (Å²) >= 11 is 0. The maximum Gasteiger partial charge on any atom is 0.226 e. The molecule has 1 fully saturated rings. The average molecular weight is 523 g/mol. The number of carbonyl (C=O) groups is 1. The molecule has 0 spiro atoms. The Hall–Kier alpha value is -3.42. The van der Waals surface area contributed by atoms with Crippen LogP contribution in [0.25, 0.3) is 11.0 Å². The van der Waals surface area contributed by atoms with Crippen molar-refractivity contribution < 1.29 is 13.2 Å². The van der Waals surface area contributed by atoms with Crippen LogP contribution in [-0.4, -0.2) is 54.9 Å². The van der Waals surface area contributed by atoms with E-state index in [9.17, 15) is 13.2 Å². The zero-order valence-corrected chi connectivity index (χ0v) is 22.1. The van der Waals surface area contributed by atoms with E-state index in [0.717, 1.165) is 44.3 Å². The maximum absolute atomic E-state index is 13.8. The normalized spacial score (nSPS) is 15.8. The van der Waals surface area contributed by atoms with Crippen molar-refractivity contribution in [3.05, 3.63) is 42.6 Å². The number of aromatic amines is 1. The van der Waals surface area contributed by atoms with E-state index in [1.165, 1.54) is 12.1 Å². The van der Waals surface area contributed by atoms with Crippen LogP contribution in [0.3, 0.4) is 0 Å². The Morgan fingerprint density at radius 2 is 1.95 bits per heavy atom. The Labute approximate surface area is 218 Å². The number of piperidine rings is 1. The number of carbonyl (C=O) groups excluding carboxylic acids is 1. The summed E-state index contributed by atoms with van der Waals surface area (Å²) in [6.07, 6.45) is 5.01. The predicted octanol–water partition coefficient (Wildman–Crippen LogP) is 4.56. The molecule has 0 radical (unpaired) electrons. The predicted molar refractivity (Wildman–Crippen MR) is 144 cm³/mol. The highest BCUT2D eigenvalue weighted by molar-refractivity contribution is 7.91. The molecule has 3 N–H and O–H groups in total. The lowest BCUT2D eigenvalue weighted by molar-refractivity contribution is -0.117. The molecule has 0 aliphatic carbocycles. The Balaban J connectivity index is 1.76. The third-order valence-corrected chi connectivity index (χ3v) is 8.65. The molecule has 0 bridgehead atoms. The zero-order chi connectivity index (χ0) is 26.4.